The molecule has 1 unspecified atom stereocenters. The molecular weight excluding hydrogens is 374 g/mol. The van der Waals surface area contributed by atoms with Gasteiger partial charge in [-0.05, 0) is 34.9 Å². The van der Waals surface area contributed by atoms with E-state index in [0.717, 1.165) is 41.0 Å². The van der Waals surface area contributed by atoms with Crippen molar-refractivity contribution in [2.75, 3.05) is 13.2 Å². The summed E-state index contributed by atoms with van der Waals surface area (Å²) in [7, 11) is 1.99. The van der Waals surface area contributed by atoms with E-state index >= 15 is 0 Å². The van der Waals surface area contributed by atoms with E-state index in [1.54, 1.807) is 0 Å². The molecule has 0 saturated carbocycles. The average molecular weight is 399 g/mol. The number of aryl methyl sites for hydroxylation is 1. The van der Waals surface area contributed by atoms with Gasteiger partial charge in [-0.25, -0.2) is 4.98 Å². The first kappa shape index (κ1) is 18.9. The summed E-state index contributed by atoms with van der Waals surface area (Å²) in [5.74, 6) is 0.780. The van der Waals surface area contributed by atoms with Gasteiger partial charge in [0.05, 0.1) is 17.4 Å². The molecule has 0 amide bonds. The number of imidazole rings is 1. The van der Waals surface area contributed by atoms with Crippen molar-refractivity contribution in [3.8, 4) is 16.9 Å². The molecule has 1 N–H and O–H groups in total. The molecule has 5 nitrogen and oxygen atoms in total. The van der Waals surface area contributed by atoms with E-state index in [1.165, 1.54) is 11.1 Å². The quantitative estimate of drug-likeness (QED) is 0.533. The van der Waals surface area contributed by atoms with E-state index in [4.69, 9.17) is 4.74 Å². The van der Waals surface area contributed by atoms with Crippen molar-refractivity contribution in [1.82, 2.24) is 14.5 Å². The Balaban J connectivity index is 1.27. The third-order valence-corrected chi connectivity index (χ3v) is 5.73. The second-order valence-corrected chi connectivity index (χ2v) is 7.96. The molecule has 152 valence electrons. The number of aromatic nitrogens is 2. The van der Waals surface area contributed by atoms with Crippen LogP contribution in [0.1, 0.15) is 11.1 Å². The molecule has 1 aliphatic rings. The summed E-state index contributed by atoms with van der Waals surface area (Å²) in [5, 5.41) is 10.6. The zero-order valence-corrected chi connectivity index (χ0v) is 17.0. The van der Waals surface area contributed by atoms with Crippen LogP contribution in [-0.2, 0) is 20.1 Å². The highest BCUT2D eigenvalue weighted by Crippen LogP contribution is 2.32. The Hall–Kier alpha value is -3.15. The van der Waals surface area contributed by atoms with E-state index in [2.05, 4.69) is 52.3 Å². The van der Waals surface area contributed by atoms with E-state index in [1.807, 2.05) is 42.2 Å². The van der Waals surface area contributed by atoms with Gasteiger partial charge >= 0.3 is 0 Å². The zero-order chi connectivity index (χ0) is 20.5. The minimum atomic E-state index is -0.549. The van der Waals surface area contributed by atoms with Gasteiger partial charge in [-0.2, -0.15) is 0 Å². The van der Waals surface area contributed by atoms with E-state index in [-0.39, 0.29) is 6.61 Å². The normalized spacial score (nSPS) is 14.7. The third kappa shape index (κ3) is 3.70. The first-order valence-corrected chi connectivity index (χ1v) is 10.3. The Bertz CT molecular complexity index is 1160. The zero-order valence-electron chi connectivity index (χ0n) is 17.0. The van der Waals surface area contributed by atoms with Crippen LogP contribution in [0.25, 0.3) is 22.2 Å². The topological polar surface area (TPSA) is 50.5 Å². The highest BCUT2D eigenvalue weighted by molar-refractivity contribution is 5.83. The van der Waals surface area contributed by atoms with Crippen LogP contribution in [0.3, 0.4) is 0 Å². The number of aliphatic hydroxyl groups excluding tert-OH is 1. The van der Waals surface area contributed by atoms with Crippen molar-refractivity contribution in [1.29, 1.82) is 0 Å². The molecule has 0 aliphatic carbocycles. The lowest BCUT2D eigenvalue weighted by atomic mass is 10.0. The molecule has 0 bridgehead atoms. The maximum Gasteiger partial charge on any atom is 0.127 e. The number of benzene rings is 3. The summed E-state index contributed by atoms with van der Waals surface area (Å²) in [6, 6.07) is 22.7. The van der Waals surface area contributed by atoms with Gasteiger partial charge in [0.15, 0.2) is 0 Å². The van der Waals surface area contributed by atoms with Gasteiger partial charge in [0, 0.05) is 32.2 Å². The molecule has 0 spiro atoms. The molecule has 30 heavy (non-hydrogen) atoms. The van der Waals surface area contributed by atoms with Gasteiger partial charge in [-0.1, -0.05) is 48.5 Å². The number of para-hydroxylation sites is 1. The molecule has 0 saturated heterocycles. The van der Waals surface area contributed by atoms with Gasteiger partial charge in [0.25, 0.3) is 0 Å². The number of nitrogens with zero attached hydrogens (tertiary/aromatic N) is 3. The molecule has 2 heterocycles. The first-order chi connectivity index (χ1) is 14.7. The smallest absolute Gasteiger partial charge is 0.127 e. The fourth-order valence-corrected chi connectivity index (χ4v) is 4.19. The van der Waals surface area contributed by atoms with Gasteiger partial charge in [-0.3, -0.25) is 4.90 Å². The number of fused-ring (bicyclic) bond motifs is 2. The lowest BCUT2D eigenvalue weighted by Gasteiger charge is -2.20. The lowest BCUT2D eigenvalue weighted by molar-refractivity contribution is 0.0675. The van der Waals surface area contributed by atoms with E-state index < -0.39 is 6.10 Å². The second kappa shape index (κ2) is 7.94. The standard InChI is InChI=1S/C25H25N3O2/c1-27-17-26-23-11-10-18(12-24(23)27)22-8-4-5-9-25(22)30-16-21(29)15-28-13-19-6-2-3-7-20(19)14-28/h2-12,17,21,29H,13-16H2,1H3. The maximum absolute atomic E-state index is 10.6. The van der Waals surface area contributed by atoms with Crippen molar-refractivity contribution in [2.45, 2.75) is 19.2 Å². The van der Waals surface area contributed by atoms with Crippen molar-refractivity contribution in [3.05, 3.63) is 84.2 Å². The second-order valence-electron chi connectivity index (χ2n) is 7.96. The Morgan fingerprint density at radius 3 is 2.53 bits per heavy atom. The summed E-state index contributed by atoms with van der Waals surface area (Å²) < 4.78 is 8.08. The summed E-state index contributed by atoms with van der Waals surface area (Å²) >= 11 is 0. The first-order valence-electron chi connectivity index (χ1n) is 10.3. The fourth-order valence-electron chi connectivity index (χ4n) is 4.19. The predicted molar refractivity (Wildman–Crippen MR) is 118 cm³/mol. The molecule has 1 aliphatic heterocycles. The molecular formula is C25H25N3O2. The molecule has 1 aromatic heterocycles. The van der Waals surface area contributed by atoms with Crippen LogP contribution in [0.4, 0.5) is 0 Å². The maximum atomic E-state index is 10.6. The van der Waals surface area contributed by atoms with Crippen molar-refractivity contribution < 1.29 is 9.84 Å². The fraction of sp³-hybridized carbons (Fsp3) is 0.240. The van der Waals surface area contributed by atoms with Gasteiger partial charge in [0.1, 0.15) is 18.5 Å². The van der Waals surface area contributed by atoms with Gasteiger partial charge in [-0.15, -0.1) is 0 Å². The summed E-state index contributed by atoms with van der Waals surface area (Å²) in [4.78, 5) is 6.66. The predicted octanol–water partition coefficient (Wildman–Crippen LogP) is 4.00. The SMILES string of the molecule is Cn1cnc2ccc(-c3ccccc3OCC(O)CN3Cc4ccccc4C3)cc21. The average Bonchev–Trinajstić information content (AvgIpc) is 3.35. The Kier molecular flexibility index (Phi) is 4.99. The number of β-amino-alcohol motifs (C(OH)–C–C–N with tert-alkyl or cyclic N) is 1. The molecule has 5 rings (SSSR count). The monoisotopic (exact) mass is 399 g/mol. The van der Waals surface area contributed by atoms with Crippen LogP contribution >= 0.6 is 0 Å². The Morgan fingerprint density at radius 1 is 1.00 bits per heavy atom. The van der Waals surface area contributed by atoms with Crippen LogP contribution in [-0.4, -0.2) is 38.8 Å². The summed E-state index contributed by atoms with van der Waals surface area (Å²) in [6.45, 7) is 2.62. The van der Waals surface area contributed by atoms with Gasteiger partial charge in [0.2, 0.25) is 0 Å². The van der Waals surface area contributed by atoms with E-state index in [9.17, 15) is 5.11 Å². The number of hydrogen-bond donors (Lipinski definition) is 1. The summed E-state index contributed by atoms with van der Waals surface area (Å²) in [5.41, 5.74) is 6.84. The van der Waals surface area contributed by atoms with Crippen LogP contribution in [0.2, 0.25) is 0 Å². The highest BCUT2D eigenvalue weighted by atomic mass is 16.5. The minimum absolute atomic E-state index is 0.262. The number of ether oxygens (including phenoxy) is 1. The Morgan fingerprint density at radius 2 is 1.73 bits per heavy atom. The highest BCUT2D eigenvalue weighted by Gasteiger charge is 2.21. The van der Waals surface area contributed by atoms with Crippen LogP contribution in [0.5, 0.6) is 5.75 Å². The minimum Gasteiger partial charge on any atom is -0.490 e. The molecule has 0 fully saturated rings. The number of hydrogen-bond acceptors (Lipinski definition) is 4. The molecule has 1 atom stereocenters. The number of rotatable bonds is 6. The van der Waals surface area contributed by atoms with Crippen molar-refractivity contribution in [3.63, 3.8) is 0 Å². The largest absolute Gasteiger partial charge is 0.490 e. The third-order valence-electron chi connectivity index (χ3n) is 5.73. The number of aliphatic hydroxyl groups is 1. The van der Waals surface area contributed by atoms with Crippen molar-refractivity contribution in [2.24, 2.45) is 7.05 Å². The van der Waals surface area contributed by atoms with Gasteiger partial charge < -0.3 is 14.4 Å². The lowest BCUT2D eigenvalue weighted by Crippen LogP contribution is -2.32. The van der Waals surface area contributed by atoms with E-state index in [0.29, 0.717) is 6.54 Å². The molecule has 4 aromatic rings. The van der Waals surface area contributed by atoms with Crippen molar-refractivity contribution >= 4 is 11.0 Å². The van der Waals surface area contributed by atoms with Crippen LogP contribution in [0, 0.1) is 0 Å². The Labute approximate surface area is 176 Å². The van der Waals surface area contributed by atoms with Crippen LogP contribution < -0.4 is 4.74 Å². The summed E-state index contributed by atoms with van der Waals surface area (Å²) in [6.07, 6.45) is 1.27. The molecule has 0 radical (unpaired) electrons. The molecule has 5 heteroatoms. The molecule has 3 aromatic carbocycles. The van der Waals surface area contributed by atoms with Crippen LogP contribution in [0.15, 0.2) is 73.1 Å².